The molecule has 3 heteroatoms. The van der Waals surface area contributed by atoms with Crippen LogP contribution in [0, 0.1) is 0 Å². The van der Waals surface area contributed by atoms with Gasteiger partial charge in [0.05, 0.1) is 6.61 Å². The van der Waals surface area contributed by atoms with Crippen molar-refractivity contribution in [3.63, 3.8) is 0 Å². The van der Waals surface area contributed by atoms with Crippen molar-refractivity contribution in [2.45, 2.75) is 63.5 Å². The molecule has 0 heterocycles. The summed E-state index contributed by atoms with van der Waals surface area (Å²) in [6, 6.07) is 8.38. The van der Waals surface area contributed by atoms with Crippen LogP contribution in [0.25, 0.3) is 0 Å². The molecule has 0 spiro atoms. The minimum atomic E-state index is -0.172. The van der Waals surface area contributed by atoms with E-state index in [2.05, 4.69) is 37.4 Å². The number of hydrogen-bond acceptors (Lipinski definition) is 3. The van der Waals surface area contributed by atoms with E-state index in [-0.39, 0.29) is 18.2 Å². The average molecular weight is 291 g/mol. The number of aliphatic hydroxyl groups is 1. The smallest absolute Gasteiger partial charge is 0.123 e. The van der Waals surface area contributed by atoms with Crippen LogP contribution in [0.15, 0.2) is 24.3 Å². The van der Waals surface area contributed by atoms with Crippen molar-refractivity contribution in [3.8, 4) is 5.75 Å². The van der Waals surface area contributed by atoms with Gasteiger partial charge in [-0.25, -0.2) is 0 Å². The van der Waals surface area contributed by atoms with Crippen molar-refractivity contribution in [3.05, 3.63) is 29.8 Å². The summed E-state index contributed by atoms with van der Waals surface area (Å²) >= 11 is 0. The highest BCUT2D eigenvalue weighted by atomic mass is 16.5. The molecule has 1 aliphatic carbocycles. The summed E-state index contributed by atoms with van der Waals surface area (Å²) in [6.45, 7) is 4.63. The fourth-order valence-electron chi connectivity index (χ4n) is 3.25. The van der Waals surface area contributed by atoms with Crippen LogP contribution in [-0.2, 0) is 0 Å². The molecule has 118 valence electrons. The molecule has 0 bridgehead atoms. The van der Waals surface area contributed by atoms with Gasteiger partial charge in [-0.1, -0.05) is 32.0 Å². The number of para-hydroxylation sites is 1. The Balaban J connectivity index is 2.11. The molecule has 1 saturated carbocycles. The molecule has 3 unspecified atom stereocenters. The lowest BCUT2D eigenvalue weighted by atomic mass is 9.80. The first-order valence-electron chi connectivity index (χ1n) is 8.19. The lowest BCUT2D eigenvalue weighted by Crippen LogP contribution is -2.52. The minimum absolute atomic E-state index is 0.172. The Kier molecular flexibility index (Phi) is 5.65. The lowest BCUT2D eigenvalue weighted by molar-refractivity contribution is 0.0548. The van der Waals surface area contributed by atoms with E-state index in [9.17, 15) is 5.11 Å². The van der Waals surface area contributed by atoms with E-state index in [4.69, 9.17) is 4.74 Å². The second-order valence-electron chi connectivity index (χ2n) is 6.37. The Bertz CT molecular complexity index is 443. The van der Waals surface area contributed by atoms with Gasteiger partial charge in [0.1, 0.15) is 11.9 Å². The fourth-order valence-corrected chi connectivity index (χ4v) is 3.25. The zero-order chi connectivity index (χ0) is 15.3. The van der Waals surface area contributed by atoms with E-state index in [1.807, 2.05) is 13.1 Å². The lowest BCUT2D eigenvalue weighted by Gasteiger charge is -2.39. The third kappa shape index (κ3) is 3.78. The zero-order valence-electron chi connectivity index (χ0n) is 13.6. The van der Waals surface area contributed by atoms with Crippen LogP contribution in [0.1, 0.15) is 57.4 Å². The largest absolute Gasteiger partial charge is 0.490 e. The fraction of sp³-hybridized carbons (Fsp3) is 0.667. The van der Waals surface area contributed by atoms with Gasteiger partial charge in [-0.2, -0.15) is 0 Å². The Labute approximate surface area is 128 Å². The molecule has 0 amide bonds. The molecule has 0 aliphatic heterocycles. The van der Waals surface area contributed by atoms with Crippen molar-refractivity contribution in [1.82, 2.24) is 5.32 Å². The molecule has 2 rings (SSSR count). The van der Waals surface area contributed by atoms with E-state index < -0.39 is 0 Å². The number of ether oxygens (including phenoxy) is 1. The van der Waals surface area contributed by atoms with Crippen molar-refractivity contribution in [2.24, 2.45) is 0 Å². The number of aliphatic hydroxyl groups excluding tert-OH is 1. The number of hydrogen-bond donors (Lipinski definition) is 2. The Morgan fingerprint density at radius 1 is 1.43 bits per heavy atom. The van der Waals surface area contributed by atoms with E-state index in [0.717, 1.165) is 37.9 Å². The average Bonchev–Trinajstić information content (AvgIpc) is 2.54. The topological polar surface area (TPSA) is 41.5 Å². The molecule has 0 radical (unpaired) electrons. The molecule has 1 aromatic carbocycles. The molecule has 21 heavy (non-hydrogen) atoms. The van der Waals surface area contributed by atoms with Crippen molar-refractivity contribution < 1.29 is 9.84 Å². The summed E-state index contributed by atoms with van der Waals surface area (Å²) in [6.07, 6.45) is 5.35. The van der Waals surface area contributed by atoms with Gasteiger partial charge in [-0.05, 0) is 50.3 Å². The van der Waals surface area contributed by atoms with Gasteiger partial charge in [-0.3, -0.25) is 0 Å². The number of nitrogens with one attached hydrogen (secondary N) is 1. The molecule has 1 fully saturated rings. The summed E-state index contributed by atoms with van der Waals surface area (Å²) < 4.78 is 6.32. The van der Waals surface area contributed by atoms with Gasteiger partial charge < -0.3 is 15.2 Å². The molecule has 1 aliphatic rings. The van der Waals surface area contributed by atoms with Crippen molar-refractivity contribution >= 4 is 0 Å². The van der Waals surface area contributed by atoms with Crippen LogP contribution >= 0.6 is 0 Å². The van der Waals surface area contributed by atoms with E-state index >= 15 is 0 Å². The molecule has 1 aromatic rings. The highest BCUT2D eigenvalue weighted by molar-refractivity contribution is 5.36. The van der Waals surface area contributed by atoms with E-state index in [0.29, 0.717) is 5.92 Å². The highest BCUT2D eigenvalue weighted by Crippen LogP contribution is 2.34. The van der Waals surface area contributed by atoms with Crippen LogP contribution in [0.2, 0.25) is 0 Å². The predicted octanol–water partition coefficient (Wildman–Crippen LogP) is 3.47. The molecule has 2 N–H and O–H groups in total. The predicted molar refractivity (Wildman–Crippen MR) is 86.9 cm³/mol. The zero-order valence-corrected chi connectivity index (χ0v) is 13.6. The maximum absolute atomic E-state index is 9.69. The van der Waals surface area contributed by atoms with Crippen LogP contribution in [0.4, 0.5) is 0 Å². The van der Waals surface area contributed by atoms with Gasteiger partial charge >= 0.3 is 0 Å². The van der Waals surface area contributed by atoms with Crippen LogP contribution in [-0.4, -0.2) is 30.4 Å². The summed E-state index contributed by atoms with van der Waals surface area (Å²) in [4.78, 5) is 0. The second kappa shape index (κ2) is 7.28. The molecule has 3 nitrogen and oxygen atoms in total. The summed E-state index contributed by atoms with van der Waals surface area (Å²) in [5.41, 5.74) is 1.12. The van der Waals surface area contributed by atoms with E-state index in [1.165, 1.54) is 5.56 Å². The van der Waals surface area contributed by atoms with Crippen LogP contribution in [0.5, 0.6) is 5.75 Å². The Morgan fingerprint density at radius 2 is 2.19 bits per heavy atom. The van der Waals surface area contributed by atoms with Gasteiger partial charge in [0.2, 0.25) is 0 Å². The standard InChI is InChI=1S/C18H29NO2/c1-4-14(2)16-9-5-6-10-17(16)21-15-8-7-11-18(12-15,13-20)19-3/h5-6,9-10,14-15,19-20H,4,7-8,11-13H2,1-3H3. The Hall–Kier alpha value is -1.06. The first-order valence-corrected chi connectivity index (χ1v) is 8.19. The molecule has 0 aromatic heterocycles. The van der Waals surface area contributed by atoms with Crippen LogP contribution in [0.3, 0.4) is 0 Å². The third-order valence-electron chi connectivity index (χ3n) is 4.99. The number of rotatable bonds is 6. The Morgan fingerprint density at radius 3 is 2.86 bits per heavy atom. The summed E-state index contributed by atoms with van der Waals surface area (Å²) in [7, 11) is 1.94. The van der Waals surface area contributed by atoms with Gasteiger partial charge in [0.15, 0.2) is 0 Å². The van der Waals surface area contributed by atoms with Gasteiger partial charge in [0, 0.05) is 12.0 Å². The SMILES string of the molecule is CCC(C)c1ccccc1OC1CCCC(CO)(NC)C1. The van der Waals surface area contributed by atoms with Gasteiger partial charge in [-0.15, -0.1) is 0 Å². The summed E-state index contributed by atoms with van der Waals surface area (Å²) in [5, 5.41) is 13.0. The highest BCUT2D eigenvalue weighted by Gasteiger charge is 2.35. The normalized spacial score (nSPS) is 27.3. The monoisotopic (exact) mass is 291 g/mol. The van der Waals surface area contributed by atoms with Crippen LogP contribution < -0.4 is 10.1 Å². The first kappa shape index (κ1) is 16.3. The van der Waals surface area contributed by atoms with Gasteiger partial charge in [0.25, 0.3) is 0 Å². The van der Waals surface area contributed by atoms with E-state index in [1.54, 1.807) is 0 Å². The summed E-state index contributed by atoms with van der Waals surface area (Å²) in [5.74, 6) is 1.53. The second-order valence-corrected chi connectivity index (χ2v) is 6.37. The molecule has 0 saturated heterocycles. The number of benzene rings is 1. The molecule has 3 atom stereocenters. The number of likely N-dealkylation sites (N-methyl/N-ethyl adjacent to an activating group) is 1. The maximum atomic E-state index is 9.69. The molecular formula is C18H29NO2. The third-order valence-corrected chi connectivity index (χ3v) is 4.99. The maximum Gasteiger partial charge on any atom is 0.123 e. The van der Waals surface area contributed by atoms with Crippen molar-refractivity contribution in [2.75, 3.05) is 13.7 Å². The quantitative estimate of drug-likeness (QED) is 0.843. The van der Waals surface area contributed by atoms with Crippen molar-refractivity contribution in [1.29, 1.82) is 0 Å². The first-order chi connectivity index (χ1) is 10.1. The molecular weight excluding hydrogens is 262 g/mol. The minimum Gasteiger partial charge on any atom is -0.490 e.